The maximum Gasteiger partial charge on any atom is 0.233 e. The maximum atomic E-state index is 13.2. The fraction of sp³-hybridized carbons (Fsp3) is 0.640. The molecular weight excluding hydrogens is 418 g/mol. The van der Waals surface area contributed by atoms with E-state index in [4.69, 9.17) is 0 Å². The molecule has 3 fully saturated rings. The summed E-state index contributed by atoms with van der Waals surface area (Å²) in [5, 5.41) is 9.93. The van der Waals surface area contributed by atoms with Crippen LogP contribution in [0.4, 0.5) is 0 Å². The summed E-state index contributed by atoms with van der Waals surface area (Å²) in [6, 6.07) is 10.8. The van der Waals surface area contributed by atoms with Crippen LogP contribution in [0.2, 0.25) is 0 Å². The molecule has 172 valence electrons. The smallest absolute Gasteiger partial charge is 0.233 e. The third-order valence-corrected chi connectivity index (χ3v) is 8.33. The summed E-state index contributed by atoms with van der Waals surface area (Å²) in [4.78, 5) is 17.9. The molecule has 2 unspecified atom stereocenters. The normalized spacial score (nSPS) is 24.3. The van der Waals surface area contributed by atoms with Crippen molar-refractivity contribution in [1.29, 1.82) is 0 Å². The van der Waals surface area contributed by atoms with E-state index in [1.165, 1.54) is 51.4 Å². The molecule has 2 saturated heterocycles. The number of para-hydroxylation sites is 1. The van der Waals surface area contributed by atoms with E-state index in [1.807, 2.05) is 6.07 Å². The molecule has 1 saturated carbocycles. The Morgan fingerprint density at radius 2 is 1.69 bits per heavy atom. The van der Waals surface area contributed by atoms with Gasteiger partial charge in [-0.05, 0) is 69.7 Å². The number of carbonyl (C=O) groups excluding carboxylic acids is 1. The molecule has 0 radical (unpaired) electrons. The van der Waals surface area contributed by atoms with E-state index in [0.717, 1.165) is 55.2 Å². The van der Waals surface area contributed by atoms with Gasteiger partial charge in [-0.15, -0.1) is 10.2 Å². The standard InChI is InChI=1S/C25H35N5OS/c31-24(29-17-9-11-20-10-5-6-14-22(20)29)19-32-25-27-26-23(18-28-15-7-2-8-16-28)30(25)21-12-3-1-4-13-21/h1,3-4,12-13,20,22H,2,5-11,14-19H2. The Labute approximate surface area is 195 Å². The minimum absolute atomic E-state index is 0.270. The lowest BCUT2D eigenvalue weighted by Gasteiger charge is -2.44. The molecular formula is C25H35N5OS. The van der Waals surface area contributed by atoms with Crippen molar-refractivity contribution in [3.63, 3.8) is 0 Å². The van der Waals surface area contributed by atoms with E-state index in [2.05, 4.69) is 48.8 Å². The number of rotatable bonds is 6. The molecule has 1 aromatic carbocycles. The molecule has 3 heterocycles. The van der Waals surface area contributed by atoms with Crippen LogP contribution in [0, 0.1) is 5.92 Å². The Morgan fingerprint density at radius 1 is 0.906 bits per heavy atom. The molecule has 2 atom stereocenters. The summed E-state index contributed by atoms with van der Waals surface area (Å²) >= 11 is 1.55. The molecule has 32 heavy (non-hydrogen) atoms. The first-order valence-electron chi connectivity index (χ1n) is 12.4. The molecule has 5 rings (SSSR count). The van der Waals surface area contributed by atoms with Gasteiger partial charge < -0.3 is 4.90 Å². The van der Waals surface area contributed by atoms with Crippen LogP contribution in [0.25, 0.3) is 5.69 Å². The number of nitrogens with zero attached hydrogens (tertiary/aromatic N) is 5. The van der Waals surface area contributed by atoms with Gasteiger partial charge in [0.25, 0.3) is 0 Å². The second-order valence-electron chi connectivity index (χ2n) is 9.54. The molecule has 6 nitrogen and oxygen atoms in total. The van der Waals surface area contributed by atoms with Gasteiger partial charge >= 0.3 is 0 Å². The summed E-state index contributed by atoms with van der Waals surface area (Å²) in [6.07, 6.45) is 11.4. The van der Waals surface area contributed by atoms with Gasteiger partial charge in [0.15, 0.2) is 11.0 Å². The van der Waals surface area contributed by atoms with Gasteiger partial charge in [0.05, 0.1) is 12.3 Å². The predicted molar refractivity (Wildman–Crippen MR) is 128 cm³/mol. The highest BCUT2D eigenvalue weighted by Crippen LogP contribution is 2.36. The zero-order valence-corrected chi connectivity index (χ0v) is 19.8. The summed E-state index contributed by atoms with van der Waals surface area (Å²) in [7, 11) is 0. The first kappa shape index (κ1) is 22.0. The molecule has 0 N–H and O–H groups in total. The molecule has 2 aliphatic heterocycles. The number of fused-ring (bicyclic) bond motifs is 1. The van der Waals surface area contributed by atoms with Gasteiger partial charge in [0, 0.05) is 18.3 Å². The number of hydrogen-bond donors (Lipinski definition) is 0. The zero-order valence-electron chi connectivity index (χ0n) is 19.0. The van der Waals surface area contributed by atoms with Crippen LogP contribution in [0.15, 0.2) is 35.5 Å². The molecule has 1 aliphatic carbocycles. The SMILES string of the molecule is O=C(CSc1nnc(CN2CCCCC2)n1-c1ccccc1)N1CCCC2CCCCC21. The third kappa shape index (κ3) is 4.88. The topological polar surface area (TPSA) is 54.3 Å². The van der Waals surface area contributed by atoms with E-state index >= 15 is 0 Å². The van der Waals surface area contributed by atoms with E-state index in [9.17, 15) is 4.79 Å². The van der Waals surface area contributed by atoms with Gasteiger partial charge in [0.1, 0.15) is 0 Å². The average Bonchev–Trinajstić information content (AvgIpc) is 3.25. The monoisotopic (exact) mass is 453 g/mol. The highest BCUT2D eigenvalue weighted by atomic mass is 32.2. The van der Waals surface area contributed by atoms with Gasteiger partial charge in [-0.1, -0.05) is 49.2 Å². The first-order chi connectivity index (χ1) is 15.8. The summed E-state index contributed by atoms with van der Waals surface area (Å²) in [6.45, 7) is 3.98. The van der Waals surface area contributed by atoms with Crippen LogP contribution >= 0.6 is 11.8 Å². The second kappa shape index (κ2) is 10.4. The Kier molecular flexibility index (Phi) is 7.13. The number of hydrogen-bond acceptors (Lipinski definition) is 5. The van der Waals surface area contributed by atoms with Crippen LogP contribution in [0.3, 0.4) is 0 Å². The van der Waals surface area contributed by atoms with Crippen molar-refractivity contribution in [3.05, 3.63) is 36.2 Å². The second-order valence-corrected chi connectivity index (χ2v) is 10.5. The highest BCUT2D eigenvalue weighted by molar-refractivity contribution is 7.99. The van der Waals surface area contributed by atoms with E-state index < -0.39 is 0 Å². The average molecular weight is 454 g/mol. The van der Waals surface area contributed by atoms with Crippen LogP contribution in [0.1, 0.15) is 63.6 Å². The Bertz CT molecular complexity index is 893. The van der Waals surface area contributed by atoms with Crippen LogP contribution in [-0.2, 0) is 11.3 Å². The lowest BCUT2D eigenvalue weighted by molar-refractivity contribution is -0.134. The van der Waals surface area contributed by atoms with Crippen molar-refractivity contribution in [1.82, 2.24) is 24.6 Å². The van der Waals surface area contributed by atoms with E-state index in [-0.39, 0.29) is 5.91 Å². The Morgan fingerprint density at radius 3 is 2.53 bits per heavy atom. The van der Waals surface area contributed by atoms with E-state index in [0.29, 0.717) is 11.8 Å². The predicted octanol–water partition coefficient (Wildman–Crippen LogP) is 4.53. The van der Waals surface area contributed by atoms with Gasteiger partial charge in [0.2, 0.25) is 5.91 Å². The van der Waals surface area contributed by atoms with Crippen LogP contribution in [-0.4, -0.2) is 61.9 Å². The molecule has 3 aliphatic rings. The first-order valence-corrected chi connectivity index (χ1v) is 13.4. The van der Waals surface area contributed by atoms with Gasteiger partial charge in [-0.3, -0.25) is 14.3 Å². The molecule has 7 heteroatoms. The van der Waals surface area contributed by atoms with Crippen LogP contribution < -0.4 is 0 Å². The number of likely N-dealkylation sites (tertiary alicyclic amines) is 2. The van der Waals surface area contributed by atoms with Crippen molar-refractivity contribution in [2.24, 2.45) is 5.92 Å². The number of thioether (sulfide) groups is 1. The molecule has 0 spiro atoms. The summed E-state index contributed by atoms with van der Waals surface area (Å²) in [5.41, 5.74) is 1.07. The molecule has 0 bridgehead atoms. The lowest BCUT2D eigenvalue weighted by Crippen LogP contribution is -2.50. The molecule has 1 aromatic heterocycles. The van der Waals surface area contributed by atoms with Crippen molar-refractivity contribution < 1.29 is 4.79 Å². The number of piperidine rings is 2. The van der Waals surface area contributed by atoms with E-state index in [1.54, 1.807) is 11.8 Å². The zero-order chi connectivity index (χ0) is 21.8. The largest absolute Gasteiger partial charge is 0.339 e. The lowest BCUT2D eigenvalue weighted by atomic mass is 9.78. The van der Waals surface area contributed by atoms with Crippen molar-refractivity contribution in [2.45, 2.75) is 75.5 Å². The quantitative estimate of drug-likeness (QED) is 0.602. The van der Waals surface area contributed by atoms with Crippen molar-refractivity contribution in [3.8, 4) is 5.69 Å². The summed E-state index contributed by atoms with van der Waals surface area (Å²) in [5.74, 6) is 2.40. The fourth-order valence-electron chi connectivity index (χ4n) is 5.79. The number of aromatic nitrogens is 3. The number of carbonyl (C=O) groups is 1. The van der Waals surface area contributed by atoms with Crippen molar-refractivity contribution in [2.75, 3.05) is 25.4 Å². The fourth-order valence-corrected chi connectivity index (χ4v) is 6.65. The highest BCUT2D eigenvalue weighted by Gasteiger charge is 2.35. The van der Waals surface area contributed by atoms with Crippen molar-refractivity contribution >= 4 is 17.7 Å². The third-order valence-electron chi connectivity index (χ3n) is 7.42. The number of amides is 1. The molecule has 2 aromatic rings. The van der Waals surface area contributed by atoms with Crippen LogP contribution in [0.5, 0.6) is 0 Å². The minimum atomic E-state index is 0.270. The summed E-state index contributed by atoms with van der Waals surface area (Å²) < 4.78 is 2.16. The van der Waals surface area contributed by atoms with Gasteiger partial charge in [-0.25, -0.2) is 0 Å². The minimum Gasteiger partial charge on any atom is -0.339 e. The Hall–Kier alpha value is -1.86. The number of benzene rings is 1. The Balaban J connectivity index is 1.31. The molecule has 1 amide bonds. The van der Waals surface area contributed by atoms with Gasteiger partial charge in [-0.2, -0.15) is 0 Å². The maximum absolute atomic E-state index is 13.2.